The van der Waals surface area contributed by atoms with Gasteiger partial charge in [-0.15, -0.1) is 0 Å². The number of unbranched alkanes of at least 4 members (excludes halogenated alkanes) is 24. The Hall–Kier alpha value is -0.814. The van der Waals surface area contributed by atoms with Crippen LogP contribution in [0.3, 0.4) is 0 Å². The summed E-state index contributed by atoms with van der Waals surface area (Å²) in [5.41, 5.74) is -0.781. The maximum atomic E-state index is 13.0. The van der Waals surface area contributed by atoms with E-state index >= 15 is 0 Å². The number of benzene rings is 1. The molecule has 53 heavy (non-hydrogen) atoms. The van der Waals surface area contributed by atoms with Gasteiger partial charge in [0.25, 0.3) is 0 Å². The maximum absolute atomic E-state index is 13.0. The van der Waals surface area contributed by atoms with Crippen LogP contribution in [-0.2, 0) is 19.6 Å². The van der Waals surface area contributed by atoms with Gasteiger partial charge in [-0.2, -0.15) is 0 Å². The fourth-order valence-corrected chi connectivity index (χ4v) is 6.96. The Morgan fingerprint density at radius 2 is 0.868 bits per heavy atom. The standard InChI is InChI=1S/C44H74O7S.K/c1-3-5-7-9-11-13-15-17-19-21-23-25-27-29-31-33-38-50-43(45)40-36-35-37-41(52(47,48)49)42(40)44(46)51-39-34-32-30-28-26-24-22-20-18-16-14-12-10-8-6-4-2;/h9-12,35-37H,3-8,13-34,38-39H2,1-2H3,(H,47,48,49);/q;+1/p-1/b11-9+,12-10+;. The summed E-state index contributed by atoms with van der Waals surface area (Å²) in [5.74, 6) is -1.81. The zero-order valence-corrected chi connectivity index (χ0v) is 38.0. The van der Waals surface area contributed by atoms with Gasteiger partial charge in [-0.3, -0.25) is 0 Å². The molecule has 0 amide bonds. The van der Waals surface area contributed by atoms with Crippen LogP contribution in [0.15, 0.2) is 47.4 Å². The van der Waals surface area contributed by atoms with Crippen molar-refractivity contribution in [1.29, 1.82) is 0 Å². The number of allylic oxidation sites excluding steroid dienone is 4. The summed E-state index contributed by atoms with van der Waals surface area (Å²) in [6.45, 7) is 4.69. The van der Waals surface area contributed by atoms with E-state index in [-0.39, 0.29) is 70.2 Å². The summed E-state index contributed by atoms with van der Waals surface area (Å²) in [6, 6.07) is 3.62. The van der Waals surface area contributed by atoms with E-state index in [9.17, 15) is 22.6 Å². The topological polar surface area (TPSA) is 110 Å². The second-order valence-electron chi connectivity index (χ2n) is 14.3. The normalized spacial score (nSPS) is 11.7. The number of esters is 2. The Morgan fingerprint density at radius 3 is 1.25 bits per heavy atom. The number of ether oxygens (including phenoxy) is 2. The van der Waals surface area contributed by atoms with Crippen molar-refractivity contribution in [3.63, 3.8) is 0 Å². The molecule has 0 saturated heterocycles. The largest absolute Gasteiger partial charge is 1.00 e. The van der Waals surface area contributed by atoms with Crippen molar-refractivity contribution in [3.8, 4) is 0 Å². The van der Waals surface area contributed by atoms with E-state index < -0.39 is 32.5 Å². The number of carbonyl (C=O) groups is 2. The summed E-state index contributed by atoms with van der Waals surface area (Å²) < 4.78 is 46.7. The van der Waals surface area contributed by atoms with Crippen molar-refractivity contribution in [1.82, 2.24) is 0 Å². The van der Waals surface area contributed by atoms with Crippen LogP contribution in [0.2, 0.25) is 0 Å². The average Bonchev–Trinajstić information content (AvgIpc) is 3.13. The summed E-state index contributed by atoms with van der Waals surface area (Å²) in [5, 5.41) is 0. The molecule has 298 valence electrons. The van der Waals surface area contributed by atoms with Crippen molar-refractivity contribution in [2.24, 2.45) is 0 Å². The third-order valence-corrected chi connectivity index (χ3v) is 10.4. The van der Waals surface area contributed by atoms with Gasteiger partial charge in [0, 0.05) is 0 Å². The van der Waals surface area contributed by atoms with Crippen molar-refractivity contribution in [2.45, 2.75) is 199 Å². The van der Waals surface area contributed by atoms with Crippen LogP contribution < -0.4 is 51.4 Å². The summed E-state index contributed by atoms with van der Waals surface area (Å²) >= 11 is 0. The zero-order chi connectivity index (χ0) is 38.0. The molecule has 0 aliphatic heterocycles. The van der Waals surface area contributed by atoms with Crippen LogP contribution in [0.25, 0.3) is 0 Å². The molecule has 0 fully saturated rings. The Kier molecular flexibility index (Phi) is 36.2. The third kappa shape index (κ3) is 29.1. The van der Waals surface area contributed by atoms with E-state index in [1.807, 2.05) is 0 Å². The summed E-state index contributed by atoms with van der Waals surface area (Å²) in [7, 11) is -5.01. The molecule has 0 aliphatic carbocycles. The third-order valence-electron chi connectivity index (χ3n) is 9.50. The minimum atomic E-state index is -5.01. The van der Waals surface area contributed by atoms with Gasteiger partial charge >= 0.3 is 63.3 Å². The van der Waals surface area contributed by atoms with Crippen LogP contribution >= 0.6 is 0 Å². The van der Waals surface area contributed by atoms with Gasteiger partial charge in [0.2, 0.25) is 0 Å². The first-order valence-electron chi connectivity index (χ1n) is 21.1. The van der Waals surface area contributed by atoms with Crippen LogP contribution in [0.4, 0.5) is 0 Å². The van der Waals surface area contributed by atoms with Gasteiger partial charge in [0.15, 0.2) is 0 Å². The van der Waals surface area contributed by atoms with Gasteiger partial charge in [-0.25, -0.2) is 18.0 Å². The zero-order valence-electron chi connectivity index (χ0n) is 34.0. The molecule has 7 nitrogen and oxygen atoms in total. The Labute approximate surface area is 367 Å². The number of rotatable bonds is 35. The second-order valence-corrected chi connectivity index (χ2v) is 15.6. The van der Waals surface area contributed by atoms with E-state index in [1.165, 1.54) is 141 Å². The van der Waals surface area contributed by atoms with E-state index in [1.54, 1.807) is 0 Å². The predicted molar refractivity (Wildman–Crippen MR) is 214 cm³/mol. The molecule has 0 unspecified atom stereocenters. The van der Waals surface area contributed by atoms with Crippen LogP contribution in [0, 0.1) is 0 Å². The van der Waals surface area contributed by atoms with Crippen molar-refractivity contribution >= 4 is 22.1 Å². The molecule has 0 radical (unpaired) electrons. The first kappa shape index (κ1) is 52.2. The molecule has 0 spiro atoms. The summed E-state index contributed by atoms with van der Waals surface area (Å²) in [4.78, 5) is 25.1. The smallest absolute Gasteiger partial charge is 0.744 e. The summed E-state index contributed by atoms with van der Waals surface area (Å²) in [6.07, 6.45) is 41.7. The van der Waals surface area contributed by atoms with Crippen LogP contribution in [-0.4, -0.2) is 38.1 Å². The number of carbonyl (C=O) groups excluding carboxylic acids is 2. The van der Waals surface area contributed by atoms with Gasteiger partial charge in [-0.05, 0) is 63.5 Å². The fourth-order valence-electron chi connectivity index (χ4n) is 6.27. The van der Waals surface area contributed by atoms with E-state index in [0.29, 0.717) is 12.8 Å². The maximum Gasteiger partial charge on any atom is 1.00 e. The predicted octanol–water partition coefficient (Wildman–Crippen LogP) is 9.98. The monoisotopic (exact) mass is 784 g/mol. The SMILES string of the molecule is CCCC/C=C/CCCCCCCCCCCCOC(=O)c1cccc(S(=O)(=O)[O-])c1C(=O)OCCCCCCCCCCCC/C=C/CCCC.[K+]. The molecule has 0 N–H and O–H groups in total. The van der Waals surface area contributed by atoms with Gasteiger partial charge in [0.05, 0.1) is 29.2 Å². The van der Waals surface area contributed by atoms with Gasteiger partial charge < -0.3 is 14.0 Å². The first-order chi connectivity index (χ1) is 25.3. The van der Waals surface area contributed by atoms with E-state index in [4.69, 9.17) is 9.47 Å². The van der Waals surface area contributed by atoms with Gasteiger partial charge in [0.1, 0.15) is 10.1 Å². The first-order valence-corrected chi connectivity index (χ1v) is 22.5. The van der Waals surface area contributed by atoms with E-state index in [0.717, 1.165) is 44.6 Å². The van der Waals surface area contributed by atoms with Crippen LogP contribution in [0.1, 0.15) is 214 Å². The molecule has 1 rings (SSSR count). The molecule has 9 heteroatoms. The van der Waals surface area contributed by atoms with Crippen LogP contribution in [0.5, 0.6) is 0 Å². The van der Waals surface area contributed by atoms with Crippen molar-refractivity contribution in [2.75, 3.05) is 13.2 Å². The minimum Gasteiger partial charge on any atom is -0.744 e. The molecule has 0 atom stereocenters. The Morgan fingerprint density at radius 1 is 0.528 bits per heavy atom. The molecule has 0 bridgehead atoms. The molecular formula is C44H73KO7S. The van der Waals surface area contributed by atoms with Crippen molar-refractivity contribution in [3.05, 3.63) is 53.6 Å². The number of hydrogen-bond acceptors (Lipinski definition) is 7. The molecular weight excluding hydrogens is 712 g/mol. The minimum absolute atomic E-state index is 0. The molecule has 0 aliphatic rings. The quantitative estimate of drug-likeness (QED) is 0.0222. The molecule has 1 aromatic carbocycles. The molecule has 1 aromatic rings. The average molecular weight is 785 g/mol. The number of hydrogen-bond donors (Lipinski definition) is 0. The Balaban J connectivity index is 0.0000270. The molecule has 0 aromatic heterocycles. The second kappa shape index (κ2) is 36.8. The Bertz CT molecular complexity index is 1210. The van der Waals surface area contributed by atoms with Gasteiger partial charge in [-0.1, -0.05) is 173 Å². The van der Waals surface area contributed by atoms with Crippen molar-refractivity contribution < 1.29 is 83.4 Å². The molecule has 0 saturated carbocycles. The fraction of sp³-hybridized carbons (Fsp3) is 0.727. The molecule has 0 heterocycles. The van der Waals surface area contributed by atoms with E-state index in [2.05, 4.69) is 38.2 Å².